The van der Waals surface area contributed by atoms with Crippen molar-refractivity contribution in [3.05, 3.63) is 52.7 Å². The van der Waals surface area contributed by atoms with Crippen molar-refractivity contribution in [1.82, 2.24) is 10.1 Å². The number of ether oxygens (including phenoxy) is 3. The standard InChI is InChI=1S/C33H44N2O5/c1-7-10-16-38-28-20-29(39-17-11-8-2)27(19-26(28)22(4)5)32-30(31(34-40-32)33(36)37-9-3)24-12-13-25-21-35(6)15-14-23(25)18-24/h12-13,18-20,22H,7-11,14-17,21H2,1-6H3. The van der Waals surface area contributed by atoms with Gasteiger partial charge in [-0.05, 0) is 67.5 Å². The van der Waals surface area contributed by atoms with E-state index in [0.29, 0.717) is 30.3 Å². The number of aromatic nitrogens is 1. The van der Waals surface area contributed by atoms with Crippen LogP contribution in [0.2, 0.25) is 0 Å². The average Bonchev–Trinajstić information content (AvgIpc) is 3.38. The average molecular weight is 549 g/mol. The first-order valence-electron chi connectivity index (χ1n) is 14.8. The summed E-state index contributed by atoms with van der Waals surface area (Å²) < 4.78 is 24.0. The minimum absolute atomic E-state index is 0.179. The van der Waals surface area contributed by atoms with Gasteiger partial charge in [0, 0.05) is 19.2 Å². The third kappa shape index (κ3) is 6.69. The zero-order chi connectivity index (χ0) is 28.6. The summed E-state index contributed by atoms with van der Waals surface area (Å²) in [6.45, 7) is 13.7. The van der Waals surface area contributed by atoms with Gasteiger partial charge in [-0.3, -0.25) is 0 Å². The second-order valence-corrected chi connectivity index (χ2v) is 10.9. The van der Waals surface area contributed by atoms with Crippen LogP contribution in [0.3, 0.4) is 0 Å². The number of fused-ring (bicyclic) bond motifs is 1. The molecule has 2 heterocycles. The number of carbonyl (C=O) groups is 1. The van der Waals surface area contributed by atoms with E-state index in [-0.39, 0.29) is 18.2 Å². The van der Waals surface area contributed by atoms with E-state index >= 15 is 0 Å². The van der Waals surface area contributed by atoms with E-state index in [1.54, 1.807) is 6.92 Å². The molecule has 40 heavy (non-hydrogen) atoms. The molecule has 1 aromatic heterocycles. The Kier molecular flexibility index (Phi) is 10.3. The Balaban J connectivity index is 1.90. The SMILES string of the molecule is CCCCOc1cc(OCCCC)c(C(C)C)cc1-c1onc(C(=O)OCC)c1-c1ccc2c(c1)CCN(C)C2. The van der Waals surface area contributed by atoms with Crippen molar-refractivity contribution in [3.8, 4) is 33.9 Å². The topological polar surface area (TPSA) is 74.0 Å². The lowest BCUT2D eigenvalue weighted by molar-refractivity contribution is 0.0515. The highest BCUT2D eigenvalue weighted by Gasteiger charge is 2.29. The smallest absolute Gasteiger partial charge is 0.361 e. The molecule has 4 rings (SSSR count). The molecule has 0 spiro atoms. The number of benzene rings is 2. The zero-order valence-corrected chi connectivity index (χ0v) is 25.0. The van der Waals surface area contributed by atoms with Crippen LogP contribution in [0.5, 0.6) is 11.5 Å². The number of esters is 1. The highest BCUT2D eigenvalue weighted by atomic mass is 16.5. The summed E-state index contributed by atoms with van der Waals surface area (Å²) in [4.78, 5) is 15.4. The van der Waals surface area contributed by atoms with Crippen LogP contribution in [0.1, 0.15) is 93.4 Å². The highest BCUT2D eigenvalue weighted by Crippen LogP contribution is 2.44. The van der Waals surface area contributed by atoms with Gasteiger partial charge >= 0.3 is 5.97 Å². The molecule has 0 N–H and O–H groups in total. The normalized spacial score (nSPS) is 13.4. The second kappa shape index (κ2) is 13.8. The van der Waals surface area contributed by atoms with Crippen molar-refractivity contribution in [3.63, 3.8) is 0 Å². The van der Waals surface area contributed by atoms with Crippen LogP contribution in [0.4, 0.5) is 0 Å². The largest absolute Gasteiger partial charge is 0.493 e. The molecule has 7 heteroatoms. The highest BCUT2D eigenvalue weighted by molar-refractivity contribution is 6.00. The van der Waals surface area contributed by atoms with E-state index in [4.69, 9.17) is 18.7 Å². The minimum atomic E-state index is -0.498. The Morgan fingerprint density at radius 2 is 1.73 bits per heavy atom. The van der Waals surface area contributed by atoms with Crippen LogP contribution in [0, 0.1) is 0 Å². The number of likely N-dealkylation sites (N-methyl/N-ethyl adjacent to an activating group) is 1. The fourth-order valence-corrected chi connectivity index (χ4v) is 5.03. The molecule has 216 valence electrons. The summed E-state index contributed by atoms with van der Waals surface area (Å²) in [5, 5.41) is 4.26. The molecule has 0 saturated heterocycles. The Morgan fingerprint density at radius 1 is 1.00 bits per heavy atom. The van der Waals surface area contributed by atoms with Gasteiger partial charge in [0.15, 0.2) is 11.5 Å². The van der Waals surface area contributed by atoms with Gasteiger partial charge in [0.25, 0.3) is 0 Å². The Labute approximate surface area is 238 Å². The summed E-state index contributed by atoms with van der Waals surface area (Å²) in [6.07, 6.45) is 4.93. The first kappa shape index (κ1) is 29.7. The number of hydrogen-bond acceptors (Lipinski definition) is 7. The van der Waals surface area contributed by atoms with E-state index in [1.807, 2.05) is 6.07 Å². The summed E-state index contributed by atoms with van der Waals surface area (Å²) >= 11 is 0. The molecule has 0 saturated carbocycles. The maximum atomic E-state index is 13.1. The van der Waals surface area contributed by atoms with Crippen molar-refractivity contribution in [2.24, 2.45) is 0 Å². The molecule has 0 radical (unpaired) electrons. The molecular formula is C33H44N2O5. The predicted molar refractivity (Wildman–Crippen MR) is 158 cm³/mol. The molecule has 0 aliphatic carbocycles. The molecule has 3 aromatic rings. The maximum absolute atomic E-state index is 13.1. The van der Waals surface area contributed by atoms with Crippen molar-refractivity contribution < 1.29 is 23.5 Å². The Morgan fingerprint density at radius 3 is 2.40 bits per heavy atom. The molecule has 0 unspecified atom stereocenters. The third-order valence-electron chi connectivity index (χ3n) is 7.35. The zero-order valence-electron chi connectivity index (χ0n) is 25.0. The van der Waals surface area contributed by atoms with Gasteiger partial charge in [-0.15, -0.1) is 0 Å². The van der Waals surface area contributed by atoms with Gasteiger partial charge in [0.05, 0.1) is 30.9 Å². The van der Waals surface area contributed by atoms with Gasteiger partial charge < -0.3 is 23.6 Å². The monoisotopic (exact) mass is 548 g/mol. The van der Waals surface area contributed by atoms with E-state index in [0.717, 1.165) is 67.6 Å². The van der Waals surface area contributed by atoms with Crippen LogP contribution in [-0.4, -0.2) is 49.4 Å². The van der Waals surface area contributed by atoms with E-state index in [9.17, 15) is 4.79 Å². The van der Waals surface area contributed by atoms with Crippen LogP contribution >= 0.6 is 0 Å². The Bertz CT molecular complexity index is 1300. The van der Waals surface area contributed by atoms with Gasteiger partial charge in [0.1, 0.15) is 11.5 Å². The molecule has 0 amide bonds. The summed E-state index contributed by atoms with van der Waals surface area (Å²) in [5.41, 5.74) is 6.09. The lowest BCUT2D eigenvalue weighted by Crippen LogP contribution is -2.26. The number of carbonyl (C=O) groups excluding carboxylic acids is 1. The van der Waals surface area contributed by atoms with E-state index in [1.165, 1.54) is 11.1 Å². The molecule has 0 fully saturated rings. The van der Waals surface area contributed by atoms with Crippen molar-refractivity contribution in [2.45, 2.75) is 79.2 Å². The van der Waals surface area contributed by atoms with Crippen molar-refractivity contribution in [1.29, 1.82) is 0 Å². The van der Waals surface area contributed by atoms with Crippen LogP contribution < -0.4 is 9.47 Å². The van der Waals surface area contributed by atoms with Crippen LogP contribution in [0.25, 0.3) is 22.5 Å². The lowest BCUT2D eigenvalue weighted by Gasteiger charge is -2.25. The minimum Gasteiger partial charge on any atom is -0.493 e. The van der Waals surface area contributed by atoms with Gasteiger partial charge in [-0.2, -0.15) is 0 Å². The predicted octanol–water partition coefficient (Wildman–Crippen LogP) is 7.65. The summed E-state index contributed by atoms with van der Waals surface area (Å²) in [7, 11) is 2.13. The molecular weight excluding hydrogens is 504 g/mol. The van der Waals surface area contributed by atoms with Crippen LogP contribution in [-0.2, 0) is 17.7 Å². The Hall–Kier alpha value is -3.32. The van der Waals surface area contributed by atoms with Gasteiger partial charge in [0.2, 0.25) is 0 Å². The fraction of sp³-hybridized carbons (Fsp3) is 0.515. The number of hydrogen-bond donors (Lipinski definition) is 0. The first-order chi connectivity index (χ1) is 19.4. The second-order valence-electron chi connectivity index (χ2n) is 10.9. The lowest BCUT2D eigenvalue weighted by atomic mass is 9.91. The van der Waals surface area contributed by atoms with Crippen LogP contribution in [0.15, 0.2) is 34.9 Å². The van der Waals surface area contributed by atoms with Gasteiger partial charge in [-0.1, -0.05) is 63.9 Å². The molecule has 7 nitrogen and oxygen atoms in total. The maximum Gasteiger partial charge on any atom is 0.361 e. The molecule has 0 atom stereocenters. The fourth-order valence-electron chi connectivity index (χ4n) is 5.03. The first-order valence-corrected chi connectivity index (χ1v) is 14.8. The number of nitrogens with zero attached hydrogens (tertiary/aromatic N) is 2. The number of unbranched alkanes of at least 4 members (excludes halogenated alkanes) is 2. The van der Waals surface area contributed by atoms with E-state index < -0.39 is 5.97 Å². The van der Waals surface area contributed by atoms with Crippen molar-refractivity contribution >= 4 is 5.97 Å². The quantitative estimate of drug-likeness (QED) is 0.160. The summed E-state index contributed by atoms with van der Waals surface area (Å²) in [6, 6.07) is 10.4. The van der Waals surface area contributed by atoms with Crippen molar-refractivity contribution in [2.75, 3.05) is 33.4 Å². The van der Waals surface area contributed by atoms with E-state index in [2.05, 4.69) is 69.1 Å². The molecule has 2 aromatic carbocycles. The molecule has 1 aliphatic heterocycles. The molecule has 0 bridgehead atoms. The van der Waals surface area contributed by atoms with Gasteiger partial charge in [-0.25, -0.2) is 4.79 Å². The summed E-state index contributed by atoms with van der Waals surface area (Å²) in [5.74, 6) is 1.70. The molecule has 1 aliphatic rings. The number of rotatable bonds is 13. The third-order valence-corrected chi connectivity index (χ3v) is 7.35.